The normalized spacial score (nSPS) is 10.8. The van der Waals surface area contributed by atoms with E-state index in [-0.39, 0.29) is 22.7 Å². The lowest BCUT2D eigenvalue weighted by Crippen LogP contribution is -2.23. The predicted molar refractivity (Wildman–Crippen MR) is 104 cm³/mol. The van der Waals surface area contributed by atoms with Gasteiger partial charge in [-0.05, 0) is 25.1 Å². The van der Waals surface area contributed by atoms with Crippen LogP contribution in [0.25, 0.3) is 10.9 Å². The van der Waals surface area contributed by atoms with Crippen LogP contribution in [0.15, 0.2) is 52.4 Å². The minimum Gasteiger partial charge on any atom is -0.323 e. The van der Waals surface area contributed by atoms with E-state index < -0.39 is 16.6 Å². The first-order valence-electron chi connectivity index (χ1n) is 8.27. The van der Waals surface area contributed by atoms with Gasteiger partial charge < -0.3 is 5.32 Å². The average Bonchev–Trinajstić information content (AvgIpc) is 2.68. The molecule has 0 unspecified atom stereocenters. The molecular weight excluding hydrogens is 387 g/mol. The standard InChI is InChI=1S/C18H15FN4O4S/c1-2-22-17(25)12-5-3-4-6-14(12)21-18(22)28-10-16(24)20-15-9-11(23(26)27)7-8-13(15)19/h3-9H,2,10H2,1H3,(H,20,24). The lowest BCUT2D eigenvalue weighted by atomic mass is 10.2. The molecule has 1 N–H and O–H groups in total. The van der Waals surface area contributed by atoms with E-state index in [4.69, 9.17) is 0 Å². The molecule has 0 saturated heterocycles. The Morgan fingerprint density at radius 3 is 2.79 bits per heavy atom. The number of aromatic nitrogens is 2. The molecule has 3 rings (SSSR count). The van der Waals surface area contributed by atoms with E-state index >= 15 is 0 Å². The minimum atomic E-state index is -0.779. The molecule has 2 aromatic carbocycles. The van der Waals surface area contributed by atoms with Crippen molar-refractivity contribution in [3.8, 4) is 0 Å². The van der Waals surface area contributed by atoms with Crippen molar-refractivity contribution < 1.29 is 14.1 Å². The third-order valence-electron chi connectivity index (χ3n) is 3.91. The zero-order valence-corrected chi connectivity index (χ0v) is 15.5. The molecule has 0 aliphatic rings. The highest BCUT2D eigenvalue weighted by atomic mass is 32.2. The molecule has 1 amide bonds. The number of amides is 1. The van der Waals surface area contributed by atoms with E-state index in [0.29, 0.717) is 22.6 Å². The second-order valence-corrected chi connectivity index (χ2v) is 6.66. The summed E-state index contributed by atoms with van der Waals surface area (Å²) >= 11 is 1.03. The molecule has 28 heavy (non-hydrogen) atoms. The summed E-state index contributed by atoms with van der Waals surface area (Å²) in [6, 6.07) is 9.78. The zero-order valence-electron chi connectivity index (χ0n) is 14.7. The SMILES string of the molecule is CCn1c(SCC(=O)Nc2cc([N+](=O)[O-])ccc2F)nc2ccccc2c1=O. The summed E-state index contributed by atoms with van der Waals surface area (Å²) in [7, 11) is 0. The Bertz CT molecular complexity index is 1130. The molecule has 0 spiro atoms. The lowest BCUT2D eigenvalue weighted by molar-refractivity contribution is -0.384. The zero-order chi connectivity index (χ0) is 20.3. The number of carbonyl (C=O) groups excluding carboxylic acids is 1. The van der Waals surface area contributed by atoms with Crippen LogP contribution in [-0.4, -0.2) is 26.1 Å². The monoisotopic (exact) mass is 402 g/mol. The van der Waals surface area contributed by atoms with Crippen LogP contribution < -0.4 is 10.9 Å². The number of nitrogens with zero attached hydrogens (tertiary/aromatic N) is 3. The fourth-order valence-electron chi connectivity index (χ4n) is 2.58. The highest BCUT2D eigenvalue weighted by Gasteiger charge is 2.15. The number of rotatable bonds is 6. The number of nitrogens with one attached hydrogen (secondary N) is 1. The van der Waals surface area contributed by atoms with Gasteiger partial charge in [-0.15, -0.1) is 0 Å². The third-order valence-corrected chi connectivity index (χ3v) is 4.89. The molecule has 0 bridgehead atoms. The molecule has 144 valence electrons. The van der Waals surface area contributed by atoms with Gasteiger partial charge in [-0.1, -0.05) is 23.9 Å². The molecule has 0 fully saturated rings. The van der Waals surface area contributed by atoms with E-state index in [9.17, 15) is 24.1 Å². The quantitative estimate of drug-likeness (QED) is 0.294. The van der Waals surface area contributed by atoms with E-state index in [0.717, 1.165) is 30.0 Å². The maximum absolute atomic E-state index is 13.8. The number of hydrogen-bond acceptors (Lipinski definition) is 6. The summed E-state index contributed by atoms with van der Waals surface area (Å²) < 4.78 is 15.3. The highest BCUT2D eigenvalue weighted by Crippen LogP contribution is 2.22. The Kier molecular flexibility index (Phi) is 5.69. The van der Waals surface area contributed by atoms with Crippen LogP contribution in [0.1, 0.15) is 6.92 Å². The van der Waals surface area contributed by atoms with Crippen LogP contribution in [0, 0.1) is 15.9 Å². The van der Waals surface area contributed by atoms with E-state index in [1.165, 1.54) is 4.57 Å². The summed E-state index contributed by atoms with van der Waals surface area (Å²) in [5.74, 6) is -1.50. The van der Waals surface area contributed by atoms with Gasteiger partial charge >= 0.3 is 0 Å². The van der Waals surface area contributed by atoms with Gasteiger partial charge in [-0.2, -0.15) is 0 Å². The molecule has 3 aromatic rings. The van der Waals surface area contributed by atoms with Crippen molar-refractivity contribution in [3.05, 3.63) is 68.7 Å². The minimum absolute atomic E-state index is 0.146. The Balaban J connectivity index is 1.79. The Labute approximate surface area is 162 Å². The Hall–Kier alpha value is -3.27. The van der Waals surface area contributed by atoms with Crippen molar-refractivity contribution in [1.29, 1.82) is 0 Å². The van der Waals surface area contributed by atoms with Gasteiger partial charge in [0.2, 0.25) is 5.91 Å². The largest absolute Gasteiger partial charge is 0.323 e. The smallest absolute Gasteiger partial charge is 0.271 e. The molecule has 1 heterocycles. The van der Waals surface area contributed by atoms with Gasteiger partial charge in [0.05, 0.1) is 27.3 Å². The highest BCUT2D eigenvalue weighted by molar-refractivity contribution is 7.99. The van der Waals surface area contributed by atoms with Crippen LogP contribution in [0.2, 0.25) is 0 Å². The fraction of sp³-hybridized carbons (Fsp3) is 0.167. The summed E-state index contributed by atoms with van der Waals surface area (Å²) in [5.41, 5.74) is -0.301. The van der Waals surface area contributed by atoms with Crippen molar-refractivity contribution in [2.45, 2.75) is 18.6 Å². The van der Waals surface area contributed by atoms with Crippen LogP contribution >= 0.6 is 11.8 Å². The third kappa shape index (κ3) is 4.01. The molecule has 0 radical (unpaired) electrons. The topological polar surface area (TPSA) is 107 Å². The summed E-state index contributed by atoms with van der Waals surface area (Å²) in [6.45, 7) is 2.17. The summed E-state index contributed by atoms with van der Waals surface area (Å²) in [4.78, 5) is 39.3. The number of non-ortho nitro benzene ring substituents is 1. The first-order chi connectivity index (χ1) is 13.4. The van der Waals surface area contributed by atoms with Crippen LogP contribution in [0.4, 0.5) is 15.8 Å². The Morgan fingerprint density at radius 1 is 1.32 bits per heavy atom. The number of thioether (sulfide) groups is 1. The van der Waals surface area contributed by atoms with Gasteiger partial charge in [-0.3, -0.25) is 24.3 Å². The fourth-order valence-corrected chi connectivity index (χ4v) is 3.44. The van der Waals surface area contributed by atoms with E-state index in [2.05, 4.69) is 10.3 Å². The second kappa shape index (κ2) is 8.17. The van der Waals surface area contributed by atoms with Crippen LogP contribution in [0.3, 0.4) is 0 Å². The summed E-state index contributed by atoms with van der Waals surface area (Å²) in [5, 5.41) is 14.0. The molecule has 10 heteroatoms. The first-order valence-corrected chi connectivity index (χ1v) is 9.25. The number of halogens is 1. The number of carbonyl (C=O) groups is 1. The molecule has 0 aliphatic carbocycles. The van der Waals surface area contributed by atoms with Crippen molar-refractivity contribution in [3.63, 3.8) is 0 Å². The lowest BCUT2D eigenvalue weighted by Gasteiger charge is -2.11. The number of anilines is 1. The van der Waals surface area contributed by atoms with E-state index in [1.807, 2.05) is 0 Å². The molecular formula is C18H15FN4O4S. The van der Waals surface area contributed by atoms with Gasteiger partial charge in [-0.25, -0.2) is 9.37 Å². The van der Waals surface area contributed by atoms with Crippen LogP contribution in [0.5, 0.6) is 0 Å². The van der Waals surface area contributed by atoms with Crippen molar-refractivity contribution in [2.24, 2.45) is 0 Å². The molecule has 8 nitrogen and oxygen atoms in total. The van der Waals surface area contributed by atoms with Crippen molar-refractivity contribution in [1.82, 2.24) is 9.55 Å². The molecule has 0 atom stereocenters. The number of para-hydroxylation sites is 1. The number of benzene rings is 2. The van der Waals surface area contributed by atoms with Crippen molar-refractivity contribution >= 4 is 39.9 Å². The number of nitro groups is 1. The molecule has 0 aliphatic heterocycles. The van der Waals surface area contributed by atoms with Gasteiger partial charge in [0.15, 0.2) is 5.16 Å². The van der Waals surface area contributed by atoms with Gasteiger partial charge in [0.1, 0.15) is 5.82 Å². The van der Waals surface area contributed by atoms with Crippen LogP contribution in [-0.2, 0) is 11.3 Å². The molecule has 0 saturated carbocycles. The summed E-state index contributed by atoms with van der Waals surface area (Å²) in [6.07, 6.45) is 0. The predicted octanol–water partition coefficient (Wildman–Crippen LogP) is 3.19. The number of hydrogen-bond donors (Lipinski definition) is 1. The first kappa shape index (κ1) is 19.5. The van der Waals surface area contributed by atoms with Gasteiger partial charge in [0, 0.05) is 18.7 Å². The second-order valence-electron chi connectivity index (χ2n) is 5.72. The maximum Gasteiger partial charge on any atom is 0.271 e. The van der Waals surface area contributed by atoms with E-state index in [1.54, 1.807) is 31.2 Å². The number of nitro benzene ring substituents is 1. The Morgan fingerprint density at radius 2 is 2.07 bits per heavy atom. The van der Waals surface area contributed by atoms with Crippen molar-refractivity contribution in [2.75, 3.05) is 11.1 Å². The number of fused-ring (bicyclic) bond motifs is 1. The molecule has 1 aromatic heterocycles. The maximum atomic E-state index is 13.8. The average molecular weight is 402 g/mol. The van der Waals surface area contributed by atoms with Gasteiger partial charge in [0.25, 0.3) is 11.2 Å².